The van der Waals surface area contributed by atoms with Crippen LogP contribution >= 0.6 is 0 Å². The Morgan fingerprint density at radius 1 is 1.42 bits per heavy atom. The minimum atomic E-state index is -0.753. The van der Waals surface area contributed by atoms with E-state index in [-0.39, 0.29) is 17.6 Å². The first-order chi connectivity index (χ1) is 9.02. The molecule has 2 heterocycles. The van der Waals surface area contributed by atoms with E-state index in [1.807, 2.05) is 0 Å². The Labute approximate surface area is 107 Å². The van der Waals surface area contributed by atoms with Crippen molar-refractivity contribution >= 4 is 17.0 Å². The summed E-state index contributed by atoms with van der Waals surface area (Å²) >= 11 is 0. The van der Waals surface area contributed by atoms with Crippen molar-refractivity contribution in [3.63, 3.8) is 0 Å². The molecular weight excluding hydrogens is 252 g/mol. The third-order valence-electron chi connectivity index (χ3n) is 2.55. The van der Waals surface area contributed by atoms with Crippen molar-refractivity contribution in [1.29, 1.82) is 0 Å². The maximum absolute atomic E-state index is 11.5. The second-order valence-corrected chi connectivity index (χ2v) is 3.85. The van der Waals surface area contributed by atoms with Gasteiger partial charge in [-0.3, -0.25) is 9.36 Å². The zero-order valence-corrected chi connectivity index (χ0v) is 10.5. The number of carbonyl (C=O) groups is 1. The molecular formula is C12H12N2O5. The Bertz CT molecular complexity index is 744. The third-order valence-corrected chi connectivity index (χ3v) is 2.55. The van der Waals surface area contributed by atoms with E-state index >= 15 is 0 Å². The number of aryl methyl sites for hydroxylation is 1. The number of fused-ring (bicyclic) bond motifs is 1. The number of pyridine rings is 1. The molecule has 0 radical (unpaired) electrons. The predicted octanol–water partition coefficient (Wildman–Crippen LogP) is 0.433. The van der Waals surface area contributed by atoms with Gasteiger partial charge in [-0.1, -0.05) is 0 Å². The van der Waals surface area contributed by atoms with Gasteiger partial charge in [0.05, 0.1) is 5.69 Å². The molecule has 0 fully saturated rings. The van der Waals surface area contributed by atoms with Gasteiger partial charge in [0.25, 0.3) is 0 Å². The van der Waals surface area contributed by atoms with Gasteiger partial charge in [-0.2, -0.15) is 0 Å². The fourth-order valence-corrected chi connectivity index (χ4v) is 1.66. The van der Waals surface area contributed by atoms with Crippen LogP contribution in [0.15, 0.2) is 26.1 Å². The second-order valence-electron chi connectivity index (χ2n) is 3.85. The molecule has 0 bridgehead atoms. The van der Waals surface area contributed by atoms with Crippen LogP contribution in [0.4, 0.5) is 0 Å². The molecule has 0 aliphatic carbocycles. The van der Waals surface area contributed by atoms with Gasteiger partial charge in [-0.25, -0.2) is 14.6 Å². The molecule has 2 aromatic rings. The molecule has 0 amide bonds. The monoisotopic (exact) mass is 264 g/mol. The Morgan fingerprint density at radius 3 is 2.79 bits per heavy atom. The van der Waals surface area contributed by atoms with Crippen molar-refractivity contribution < 1.29 is 13.9 Å². The molecule has 2 rings (SSSR count). The number of nitrogens with zero attached hydrogens (tertiary/aromatic N) is 2. The van der Waals surface area contributed by atoms with Crippen LogP contribution in [0, 0.1) is 0 Å². The number of aromatic nitrogens is 2. The van der Waals surface area contributed by atoms with Gasteiger partial charge in [-0.05, 0) is 19.1 Å². The Morgan fingerprint density at radius 2 is 2.16 bits per heavy atom. The average Bonchev–Trinajstić information content (AvgIpc) is 2.36. The average molecular weight is 264 g/mol. The lowest BCUT2D eigenvalue weighted by Gasteiger charge is -2.06. The zero-order chi connectivity index (χ0) is 14.0. The van der Waals surface area contributed by atoms with E-state index in [4.69, 9.17) is 4.74 Å². The van der Waals surface area contributed by atoms with Crippen molar-refractivity contribution in [3.8, 4) is 0 Å². The van der Waals surface area contributed by atoms with Crippen LogP contribution in [0.1, 0.15) is 19.5 Å². The van der Waals surface area contributed by atoms with Gasteiger partial charge in [0.2, 0.25) is 0 Å². The molecule has 0 saturated carbocycles. The first-order valence-corrected chi connectivity index (χ1v) is 5.70. The molecule has 0 unspecified atom stereocenters. The van der Waals surface area contributed by atoms with Gasteiger partial charge in [0.1, 0.15) is 12.0 Å². The summed E-state index contributed by atoms with van der Waals surface area (Å²) in [4.78, 5) is 38.0. The Hall–Kier alpha value is -2.44. The van der Waals surface area contributed by atoms with Gasteiger partial charge in [-0.15, -0.1) is 0 Å². The maximum Gasteiger partial charge on any atom is 0.423 e. The van der Waals surface area contributed by atoms with Gasteiger partial charge in [0.15, 0.2) is 5.65 Å². The van der Waals surface area contributed by atoms with Crippen molar-refractivity contribution in [1.82, 2.24) is 9.55 Å². The van der Waals surface area contributed by atoms with E-state index in [2.05, 4.69) is 9.40 Å². The first kappa shape index (κ1) is 13.0. The van der Waals surface area contributed by atoms with Crippen LogP contribution in [0.2, 0.25) is 0 Å². The van der Waals surface area contributed by atoms with Crippen molar-refractivity contribution in [2.45, 2.75) is 27.0 Å². The molecule has 0 spiro atoms. The molecule has 7 nitrogen and oxygen atoms in total. The van der Waals surface area contributed by atoms with E-state index in [1.54, 1.807) is 13.0 Å². The standard InChI is InChI=1S/C12H12N2O5/c1-3-14-10-9(11(16)19-12(14)17)5-4-8(13-10)6-18-7(2)15/h4-5H,3,6H2,1-2H3. The topological polar surface area (TPSA) is 91.4 Å². The van der Waals surface area contributed by atoms with E-state index in [9.17, 15) is 14.4 Å². The van der Waals surface area contributed by atoms with Crippen molar-refractivity contribution in [2.75, 3.05) is 0 Å². The summed E-state index contributed by atoms with van der Waals surface area (Å²) < 4.78 is 10.6. The third kappa shape index (κ3) is 2.54. The van der Waals surface area contributed by atoms with Crippen LogP contribution in [-0.2, 0) is 22.7 Å². The molecule has 19 heavy (non-hydrogen) atoms. The first-order valence-electron chi connectivity index (χ1n) is 5.70. The van der Waals surface area contributed by atoms with Crippen LogP contribution < -0.4 is 11.4 Å². The lowest BCUT2D eigenvalue weighted by molar-refractivity contribution is -0.142. The predicted molar refractivity (Wildman–Crippen MR) is 65.7 cm³/mol. The van der Waals surface area contributed by atoms with Gasteiger partial charge in [0, 0.05) is 13.5 Å². The van der Waals surface area contributed by atoms with Gasteiger partial charge >= 0.3 is 17.4 Å². The van der Waals surface area contributed by atoms with E-state index in [0.29, 0.717) is 12.2 Å². The summed E-state index contributed by atoms with van der Waals surface area (Å²) in [6, 6.07) is 3.05. The maximum atomic E-state index is 11.5. The highest BCUT2D eigenvalue weighted by Crippen LogP contribution is 2.08. The second kappa shape index (κ2) is 5.05. The number of rotatable bonds is 3. The molecule has 0 aromatic carbocycles. The summed E-state index contributed by atoms with van der Waals surface area (Å²) in [7, 11) is 0. The number of hydrogen-bond donors (Lipinski definition) is 0. The molecule has 7 heteroatoms. The Balaban J connectivity index is 2.60. The summed E-state index contributed by atoms with van der Waals surface area (Å²) in [6.45, 7) is 3.34. The molecule has 0 saturated heterocycles. The molecule has 0 atom stereocenters. The number of hydrogen-bond acceptors (Lipinski definition) is 6. The highest BCUT2D eigenvalue weighted by molar-refractivity contribution is 5.73. The van der Waals surface area contributed by atoms with Crippen LogP contribution in [0.5, 0.6) is 0 Å². The number of esters is 1. The highest BCUT2D eigenvalue weighted by atomic mass is 16.5. The number of carbonyl (C=O) groups excluding carboxylic acids is 1. The van der Waals surface area contributed by atoms with Gasteiger partial charge < -0.3 is 9.15 Å². The summed E-state index contributed by atoms with van der Waals surface area (Å²) in [5.41, 5.74) is -0.0421. The normalized spacial score (nSPS) is 10.6. The smallest absolute Gasteiger partial charge is 0.423 e. The Kier molecular flexibility index (Phi) is 3.46. The summed E-state index contributed by atoms with van der Waals surface area (Å²) in [6.07, 6.45) is 0. The molecule has 100 valence electrons. The largest absolute Gasteiger partial charge is 0.459 e. The minimum Gasteiger partial charge on any atom is -0.459 e. The quantitative estimate of drug-likeness (QED) is 0.747. The zero-order valence-electron chi connectivity index (χ0n) is 10.5. The molecule has 0 N–H and O–H groups in total. The SMILES string of the molecule is CCn1c(=O)oc(=O)c2ccc(COC(C)=O)nc21. The van der Waals surface area contributed by atoms with Crippen molar-refractivity contribution in [2.24, 2.45) is 0 Å². The fourth-order valence-electron chi connectivity index (χ4n) is 1.66. The lowest BCUT2D eigenvalue weighted by Crippen LogP contribution is -2.25. The summed E-state index contributed by atoms with van der Waals surface area (Å²) in [5, 5.41) is 0.216. The van der Waals surface area contributed by atoms with Crippen LogP contribution in [0.3, 0.4) is 0 Å². The highest BCUT2D eigenvalue weighted by Gasteiger charge is 2.10. The van der Waals surface area contributed by atoms with E-state index < -0.39 is 17.4 Å². The van der Waals surface area contributed by atoms with Crippen LogP contribution in [0.25, 0.3) is 11.0 Å². The van der Waals surface area contributed by atoms with E-state index in [1.165, 1.54) is 17.6 Å². The molecule has 2 aromatic heterocycles. The molecule has 0 aliphatic rings. The summed E-state index contributed by atoms with van der Waals surface area (Å²) in [5.74, 6) is -1.18. The minimum absolute atomic E-state index is 0.0105. The number of ether oxygens (including phenoxy) is 1. The van der Waals surface area contributed by atoms with Crippen molar-refractivity contribution in [3.05, 3.63) is 38.8 Å². The van der Waals surface area contributed by atoms with E-state index in [0.717, 1.165) is 0 Å². The molecule has 0 aliphatic heterocycles. The lowest BCUT2D eigenvalue weighted by atomic mass is 10.3. The van der Waals surface area contributed by atoms with Crippen LogP contribution in [-0.4, -0.2) is 15.5 Å². The fraction of sp³-hybridized carbons (Fsp3) is 0.333.